The van der Waals surface area contributed by atoms with Crippen molar-refractivity contribution < 1.29 is 13.2 Å². The van der Waals surface area contributed by atoms with Crippen molar-refractivity contribution >= 4 is 61.9 Å². The second-order valence-electron chi connectivity index (χ2n) is 5.97. The smallest absolute Gasteiger partial charge is 0.326 e. The molecule has 2 amide bonds. The van der Waals surface area contributed by atoms with Crippen molar-refractivity contribution in [1.82, 2.24) is 9.71 Å². The van der Waals surface area contributed by atoms with Gasteiger partial charge in [0.15, 0.2) is 0 Å². The molecule has 3 aromatic rings. The molecule has 2 aromatic carbocycles. The van der Waals surface area contributed by atoms with Crippen molar-refractivity contribution in [2.75, 3.05) is 5.32 Å². The molecule has 1 aromatic heterocycles. The summed E-state index contributed by atoms with van der Waals surface area (Å²) in [5, 5.41) is 15.6. The first-order chi connectivity index (χ1) is 14.7. The number of carbonyl (C=O) groups excluding carboxylic acids is 1. The van der Waals surface area contributed by atoms with Gasteiger partial charge in [-0.25, -0.2) is 22.9 Å². The highest BCUT2D eigenvalue weighted by Gasteiger charge is 2.15. The van der Waals surface area contributed by atoms with E-state index in [-0.39, 0.29) is 10.5 Å². The molecule has 0 aliphatic carbocycles. The lowest BCUT2D eigenvalue weighted by Crippen LogP contribution is -2.34. The number of aromatic nitrogens is 1. The van der Waals surface area contributed by atoms with Crippen molar-refractivity contribution in [3.8, 4) is 17.3 Å². The predicted octanol–water partition coefficient (Wildman–Crippen LogP) is 4.45. The number of amides is 2. The number of nitriles is 1. The molecule has 31 heavy (non-hydrogen) atoms. The first-order valence-corrected chi connectivity index (χ1v) is 11.5. The van der Waals surface area contributed by atoms with E-state index >= 15 is 0 Å². The minimum absolute atomic E-state index is 0.134. The van der Waals surface area contributed by atoms with Crippen molar-refractivity contribution in [2.45, 2.75) is 4.90 Å². The first kappa shape index (κ1) is 22.6. The summed E-state index contributed by atoms with van der Waals surface area (Å²) < 4.78 is 25.5. The number of hydrogen-bond acceptors (Lipinski definition) is 7. The number of sulfonamides is 1. The van der Waals surface area contributed by atoms with Gasteiger partial charge in [0.2, 0.25) is 0 Å². The van der Waals surface area contributed by atoms with E-state index in [2.05, 4.69) is 16.4 Å². The molecule has 12 heteroatoms. The van der Waals surface area contributed by atoms with Crippen LogP contribution in [0.3, 0.4) is 0 Å². The van der Waals surface area contributed by atoms with Crippen LogP contribution in [0.2, 0.25) is 10.0 Å². The molecule has 0 spiro atoms. The molecule has 3 rings (SSSR count). The van der Waals surface area contributed by atoms with E-state index < -0.39 is 16.1 Å². The number of nitrogens with two attached hydrogens (primary N) is 1. The molecule has 0 unspecified atom stereocenters. The highest BCUT2D eigenvalue weighted by Crippen LogP contribution is 2.32. The Morgan fingerprint density at radius 1 is 1.19 bits per heavy atom. The number of hydrogen-bond donors (Lipinski definition) is 3. The maximum Gasteiger partial charge on any atom is 0.326 e. The number of primary amides is 1. The summed E-state index contributed by atoms with van der Waals surface area (Å²) in [6.45, 7) is 0. The minimum atomic E-state index is -4.03. The Morgan fingerprint density at radius 2 is 1.90 bits per heavy atom. The maximum atomic E-state index is 11.9. The van der Waals surface area contributed by atoms with E-state index in [4.69, 9.17) is 28.9 Å². The molecular weight excluding hydrogens is 481 g/mol. The van der Waals surface area contributed by atoms with Crippen LogP contribution in [0.25, 0.3) is 16.8 Å². The van der Waals surface area contributed by atoms with E-state index in [1.807, 2.05) is 0 Å². The summed E-state index contributed by atoms with van der Waals surface area (Å²) in [6, 6.07) is 11.5. The van der Waals surface area contributed by atoms with E-state index in [0.717, 1.165) is 0 Å². The Kier molecular flexibility index (Phi) is 6.82. The topological polar surface area (TPSA) is 138 Å². The number of carbonyl (C=O) groups is 1. The van der Waals surface area contributed by atoms with Crippen LogP contribution in [0.1, 0.15) is 5.01 Å². The molecule has 0 atom stereocenters. The molecule has 0 saturated heterocycles. The fourth-order valence-electron chi connectivity index (χ4n) is 2.44. The van der Waals surface area contributed by atoms with Gasteiger partial charge in [0.25, 0.3) is 10.0 Å². The Balaban J connectivity index is 1.78. The zero-order valence-corrected chi connectivity index (χ0v) is 18.6. The first-order valence-electron chi connectivity index (χ1n) is 8.40. The zero-order valence-electron chi connectivity index (χ0n) is 15.5. The molecule has 8 nitrogen and oxygen atoms in total. The number of thiazole rings is 1. The lowest BCUT2D eigenvalue weighted by Gasteiger charge is -2.06. The van der Waals surface area contributed by atoms with E-state index in [9.17, 15) is 18.5 Å². The van der Waals surface area contributed by atoms with Gasteiger partial charge in [0, 0.05) is 27.9 Å². The molecule has 158 valence electrons. The fourth-order valence-corrected chi connectivity index (χ4v) is 4.61. The van der Waals surface area contributed by atoms with Crippen LogP contribution in [0.5, 0.6) is 0 Å². The van der Waals surface area contributed by atoms with Crippen molar-refractivity contribution in [2.24, 2.45) is 5.73 Å². The standard InChI is InChI=1S/C19H13Cl2N5O3S2/c20-12-1-6-15(16(21)7-12)17-10-30-18(25-17)11(8-22)9-24-13-2-4-14(5-3-13)31(28,29)26-19(23)27/h1-7,9-10,24H,(H3,23,26,27). The van der Waals surface area contributed by atoms with Gasteiger partial charge in [-0.2, -0.15) is 5.26 Å². The van der Waals surface area contributed by atoms with Gasteiger partial charge >= 0.3 is 6.03 Å². The Morgan fingerprint density at radius 3 is 2.52 bits per heavy atom. The zero-order chi connectivity index (χ0) is 22.6. The van der Waals surface area contributed by atoms with Crippen LogP contribution in [-0.4, -0.2) is 19.4 Å². The number of urea groups is 1. The normalized spacial score (nSPS) is 11.6. The molecule has 4 N–H and O–H groups in total. The molecule has 0 aliphatic rings. The third-order valence-corrected chi connectivity index (χ3v) is 6.63. The summed E-state index contributed by atoms with van der Waals surface area (Å²) in [5.74, 6) is 0. The lowest BCUT2D eigenvalue weighted by molar-refractivity contribution is 0.253. The summed E-state index contributed by atoms with van der Waals surface area (Å²) in [4.78, 5) is 15.1. The van der Waals surface area contributed by atoms with E-state index in [1.54, 1.807) is 28.3 Å². The Labute approximate surface area is 192 Å². The number of halogens is 2. The number of anilines is 1. The van der Waals surface area contributed by atoms with Crippen LogP contribution in [0.15, 0.2) is 58.9 Å². The van der Waals surface area contributed by atoms with Gasteiger partial charge in [0.05, 0.1) is 15.6 Å². The highest BCUT2D eigenvalue weighted by atomic mass is 35.5. The molecular formula is C19H13Cl2N5O3S2. The number of allylic oxidation sites excluding steroid dienone is 1. The second-order valence-corrected chi connectivity index (χ2v) is 9.35. The van der Waals surface area contributed by atoms with Crippen LogP contribution < -0.4 is 15.8 Å². The average Bonchev–Trinajstić information content (AvgIpc) is 3.17. The van der Waals surface area contributed by atoms with Gasteiger partial charge in [-0.3, -0.25) is 0 Å². The third kappa shape index (κ3) is 5.53. The van der Waals surface area contributed by atoms with Gasteiger partial charge in [-0.05, 0) is 42.5 Å². The molecule has 0 saturated carbocycles. The molecule has 0 aliphatic heterocycles. The van der Waals surface area contributed by atoms with Crippen molar-refractivity contribution in [3.05, 3.63) is 69.1 Å². The van der Waals surface area contributed by atoms with Crippen LogP contribution in [0.4, 0.5) is 10.5 Å². The molecule has 0 radical (unpaired) electrons. The Bertz CT molecular complexity index is 1310. The van der Waals surface area contributed by atoms with Crippen LogP contribution >= 0.6 is 34.5 Å². The van der Waals surface area contributed by atoms with E-state index in [0.29, 0.717) is 32.0 Å². The summed E-state index contributed by atoms with van der Waals surface area (Å²) in [6.07, 6.45) is 1.46. The fraction of sp³-hybridized carbons (Fsp3) is 0. The lowest BCUT2D eigenvalue weighted by atomic mass is 10.2. The van der Waals surface area contributed by atoms with Crippen LogP contribution in [-0.2, 0) is 10.0 Å². The van der Waals surface area contributed by atoms with E-state index in [1.165, 1.54) is 41.8 Å². The summed E-state index contributed by atoms with van der Waals surface area (Å²) in [7, 11) is -4.03. The van der Waals surface area contributed by atoms with Gasteiger partial charge in [0.1, 0.15) is 16.6 Å². The van der Waals surface area contributed by atoms with Crippen molar-refractivity contribution in [3.63, 3.8) is 0 Å². The summed E-state index contributed by atoms with van der Waals surface area (Å²) in [5.41, 5.74) is 6.95. The minimum Gasteiger partial charge on any atom is -0.360 e. The van der Waals surface area contributed by atoms with Gasteiger partial charge in [-0.1, -0.05) is 23.2 Å². The quantitative estimate of drug-likeness (QED) is 0.433. The monoisotopic (exact) mass is 493 g/mol. The molecule has 0 bridgehead atoms. The predicted molar refractivity (Wildman–Crippen MR) is 121 cm³/mol. The highest BCUT2D eigenvalue weighted by molar-refractivity contribution is 7.90. The molecule has 1 heterocycles. The average molecular weight is 494 g/mol. The third-order valence-electron chi connectivity index (χ3n) is 3.84. The van der Waals surface area contributed by atoms with Crippen LogP contribution in [0, 0.1) is 11.3 Å². The maximum absolute atomic E-state index is 11.9. The number of nitrogens with one attached hydrogen (secondary N) is 2. The molecule has 0 fully saturated rings. The Hall–Kier alpha value is -3.10. The van der Waals surface area contributed by atoms with Gasteiger partial charge in [-0.15, -0.1) is 11.3 Å². The number of rotatable bonds is 6. The number of nitrogens with zero attached hydrogens (tertiary/aromatic N) is 2. The second kappa shape index (κ2) is 9.36. The summed E-state index contributed by atoms with van der Waals surface area (Å²) >= 11 is 13.4. The SMILES string of the molecule is N#CC(=CNc1ccc(S(=O)(=O)NC(N)=O)cc1)c1nc(-c2ccc(Cl)cc2Cl)cs1. The number of benzene rings is 2. The van der Waals surface area contributed by atoms with Crippen molar-refractivity contribution in [1.29, 1.82) is 5.26 Å². The van der Waals surface area contributed by atoms with Gasteiger partial charge < -0.3 is 11.1 Å². The largest absolute Gasteiger partial charge is 0.360 e.